The first-order chi connectivity index (χ1) is 9.44. The number of nitrogens with zero attached hydrogens (tertiary/aromatic N) is 1. The van der Waals surface area contributed by atoms with Crippen LogP contribution in [0.1, 0.15) is 12.8 Å². The number of sulfonamides is 1. The van der Waals surface area contributed by atoms with Crippen molar-refractivity contribution in [1.29, 1.82) is 0 Å². The Labute approximate surface area is 120 Å². The van der Waals surface area contributed by atoms with Crippen LogP contribution in [0.2, 0.25) is 0 Å². The van der Waals surface area contributed by atoms with Gasteiger partial charge >= 0.3 is 0 Å². The maximum Gasteiger partial charge on any atom is 0.240 e. The zero-order valence-electron chi connectivity index (χ0n) is 11.8. The second-order valence-corrected chi connectivity index (χ2v) is 6.85. The normalized spacial score (nSPS) is 15.6. The number of nitrogen functional groups attached to an aromatic ring is 1. The summed E-state index contributed by atoms with van der Waals surface area (Å²) in [6.45, 7) is 1.29. The second-order valence-electron chi connectivity index (χ2n) is 4.97. The number of rotatable bonds is 7. The van der Waals surface area contributed by atoms with Gasteiger partial charge < -0.3 is 15.4 Å². The number of likely N-dealkylation sites (N-methyl/N-ethyl adjacent to an activating group) is 1. The highest BCUT2D eigenvalue weighted by Gasteiger charge is 2.25. The third-order valence-electron chi connectivity index (χ3n) is 3.44. The molecule has 1 aliphatic rings. The minimum Gasteiger partial charge on any atom is -0.490 e. The topological polar surface area (TPSA) is 84.7 Å². The summed E-state index contributed by atoms with van der Waals surface area (Å²) in [5.41, 5.74) is 6.25. The standard InChI is InChI=1S/C13H21N3O3S/c1-15-20(17,18)11-5-6-12(14)13(9-11)19-8-7-16(2)10-3-4-10/h5-6,9-10,15H,3-4,7-8,14H2,1-2H3. The Morgan fingerprint density at radius 3 is 2.75 bits per heavy atom. The molecule has 7 heteroatoms. The van der Waals surface area contributed by atoms with Crippen molar-refractivity contribution in [3.63, 3.8) is 0 Å². The van der Waals surface area contributed by atoms with E-state index in [2.05, 4.69) is 16.7 Å². The molecule has 0 radical (unpaired) electrons. The summed E-state index contributed by atoms with van der Waals surface area (Å²) in [4.78, 5) is 2.39. The van der Waals surface area contributed by atoms with Gasteiger partial charge in [0.05, 0.1) is 10.6 Å². The Morgan fingerprint density at radius 1 is 1.45 bits per heavy atom. The predicted octanol–water partition coefficient (Wildman–Crippen LogP) is 0.650. The van der Waals surface area contributed by atoms with Crippen molar-refractivity contribution < 1.29 is 13.2 Å². The summed E-state index contributed by atoms with van der Waals surface area (Å²) >= 11 is 0. The van der Waals surface area contributed by atoms with Crippen LogP contribution in [0.3, 0.4) is 0 Å². The number of nitrogens with one attached hydrogen (secondary N) is 1. The monoisotopic (exact) mass is 299 g/mol. The van der Waals surface area contributed by atoms with Gasteiger partial charge in [-0.25, -0.2) is 13.1 Å². The molecule has 0 aromatic heterocycles. The lowest BCUT2D eigenvalue weighted by Crippen LogP contribution is -2.26. The van der Waals surface area contributed by atoms with Crippen LogP contribution < -0.4 is 15.2 Å². The van der Waals surface area contributed by atoms with Crippen molar-refractivity contribution in [3.8, 4) is 5.75 Å². The Balaban J connectivity index is 2.01. The zero-order valence-corrected chi connectivity index (χ0v) is 12.6. The summed E-state index contributed by atoms with van der Waals surface area (Å²) in [6, 6.07) is 5.14. The number of benzene rings is 1. The molecule has 0 unspecified atom stereocenters. The Kier molecular flexibility index (Phi) is 4.52. The lowest BCUT2D eigenvalue weighted by Gasteiger charge is -2.17. The molecule has 0 bridgehead atoms. The predicted molar refractivity (Wildman–Crippen MR) is 78.2 cm³/mol. The fourth-order valence-electron chi connectivity index (χ4n) is 1.92. The van der Waals surface area contributed by atoms with Crippen LogP contribution in [0, 0.1) is 0 Å². The average molecular weight is 299 g/mol. The Hall–Kier alpha value is -1.31. The van der Waals surface area contributed by atoms with Crippen molar-refractivity contribution in [2.75, 3.05) is 33.0 Å². The molecule has 1 saturated carbocycles. The Morgan fingerprint density at radius 2 is 2.15 bits per heavy atom. The van der Waals surface area contributed by atoms with E-state index in [1.54, 1.807) is 6.07 Å². The summed E-state index contributed by atoms with van der Waals surface area (Å²) in [7, 11) is -0.0446. The van der Waals surface area contributed by atoms with Crippen molar-refractivity contribution in [2.24, 2.45) is 0 Å². The highest BCUT2D eigenvalue weighted by Crippen LogP contribution is 2.26. The van der Waals surface area contributed by atoms with E-state index in [0.717, 1.165) is 6.54 Å². The van der Waals surface area contributed by atoms with E-state index in [1.165, 1.54) is 32.0 Å². The van der Waals surface area contributed by atoms with E-state index in [0.29, 0.717) is 24.1 Å². The van der Waals surface area contributed by atoms with Crippen molar-refractivity contribution in [2.45, 2.75) is 23.8 Å². The number of nitrogens with two attached hydrogens (primary N) is 1. The third kappa shape index (κ3) is 3.62. The first-order valence-electron chi connectivity index (χ1n) is 6.60. The van der Waals surface area contributed by atoms with Gasteiger partial charge in [-0.15, -0.1) is 0 Å². The molecule has 1 fully saturated rings. The highest BCUT2D eigenvalue weighted by atomic mass is 32.2. The minimum absolute atomic E-state index is 0.153. The maximum atomic E-state index is 11.7. The van der Waals surface area contributed by atoms with Crippen LogP contribution >= 0.6 is 0 Å². The molecule has 20 heavy (non-hydrogen) atoms. The lowest BCUT2D eigenvalue weighted by atomic mass is 10.3. The number of hydrogen-bond acceptors (Lipinski definition) is 5. The summed E-state index contributed by atoms with van der Waals surface area (Å²) < 4.78 is 31.3. The molecule has 1 aromatic rings. The molecule has 3 N–H and O–H groups in total. The van der Waals surface area contributed by atoms with Gasteiger partial charge in [-0.3, -0.25) is 0 Å². The molecular weight excluding hydrogens is 278 g/mol. The minimum atomic E-state index is -3.48. The smallest absolute Gasteiger partial charge is 0.240 e. The SMILES string of the molecule is CNS(=O)(=O)c1ccc(N)c(OCCN(C)C2CC2)c1. The van der Waals surface area contributed by atoms with E-state index in [4.69, 9.17) is 10.5 Å². The molecule has 6 nitrogen and oxygen atoms in total. The summed E-state index contributed by atoms with van der Waals surface area (Å²) in [6.07, 6.45) is 2.49. The quantitative estimate of drug-likeness (QED) is 0.722. The van der Waals surface area contributed by atoms with Crippen LogP contribution in [-0.2, 0) is 10.0 Å². The largest absolute Gasteiger partial charge is 0.490 e. The van der Waals surface area contributed by atoms with Crippen LogP contribution in [0.4, 0.5) is 5.69 Å². The molecule has 0 atom stereocenters. The molecule has 1 aromatic carbocycles. The first kappa shape index (κ1) is 15.1. The first-order valence-corrected chi connectivity index (χ1v) is 8.08. The van der Waals surface area contributed by atoms with Crippen LogP contribution in [0.25, 0.3) is 0 Å². The lowest BCUT2D eigenvalue weighted by molar-refractivity contribution is 0.232. The molecule has 112 valence electrons. The van der Waals surface area contributed by atoms with Gasteiger partial charge in [0.15, 0.2) is 0 Å². The van der Waals surface area contributed by atoms with E-state index < -0.39 is 10.0 Å². The fourth-order valence-corrected chi connectivity index (χ4v) is 2.67. The summed E-state index contributed by atoms with van der Waals surface area (Å²) in [5.74, 6) is 0.408. The van der Waals surface area contributed by atoms with Gasteiger partial charge in [0.1, 0.15) is 12.4 Å². The Bertz CT molecular complexity index is 570. The molecule has 0 aliphatic heterocycles. The molecule has 2 rings (SSSR count). The van der Waals surface area contributed by atoms with Crippen LogP contribution in [0.5, 0.6) is 5.75 Å². The molecule has 0 spiro atoms. The highest BCUT2D eigenvalue weighted by molar-refractivity contribution is 7.89. The summed E-state index contributed by atoms with van der Waals surface area (Å²) in [5, 5.41) is 0. The van der Waals surface area contributed by atoms with Crippen molar-refractivity contribution in [1.82, 2.24) is 9.62 Å². The second kappa shape index (κ2) is 5.99. The van der Waals surface area contributed by atoms with Gasteiger partial charge in [0.25, 0.3) is 0 Å². The van der Waals surface area contributed by atoms with Crippen molar-refractivity contribution in [3.05, 3.63) is 18.2 Å². The van der Waals surface area contributed by atoms with Gasteiger partial charge in [-0.2, -0.15) is 0 Å². The van der Waals surface area contributed by atoms with Crippen molar-refractivity contribution >= 4 is 15.7 Å². The van der Waals surface area contributed by atoms with E-state index >= 15 is 0 Å². The number of hydrogen-bond donors (Lipinski definition) is 2. The molecule has 1 aliphatic carbocycles. The average Bonchev–Trinajstić information content (AvgIpc) is 3.25. The van der Waals surface area contributed by atoms with E-state index in [-0.39, 0.29) is 4.90 Å². The fraction of sp³-hybridized carbons (Fsp3) is 0.538. The van der Waals surface area contributed by atoms with Crippen LogP contribution in [-0.4, -0.2) is 46.6 Å². The maximum absolute atomic E-state index is 11.7. The van der Waals surface area contributed by atoms with Gasteiger partial charge in [0.2, 0.25) is 10.0 Å². The van der Waals surface area contributed by atoms with Gasteiger partial charge in [-0.05, 0) is 39.1 Å². The molecule has 0 heterocycles. The number of anilines is 1. The van der Waals surface area contributed by atoms with E-state index in [9.17, 15) is 8.42 Å². The molecule has 0 saturated heterocycles. The third-order valence-corrected chi connectivity index (χ3v) is 4.85. The van der Waals surface area contributed by atoms with E-state index in [1.807, 2.05) is 0 Å². The molecule has 0 amide bonds. The number of ether oxygens (including phenoxy) is 1. The zero-order chi connectivity index (χ0) is 14.8. The molecular formula is C13H21N3O3S. The van der Waals surface area contributed by atoms with Gasteiger partial charge in [-0.1, -0.05) is 0 Å². The van der Waals surface area contributed by atoms with Gasteiger partial charge in [0, 0.05) is 18.7 Å². The van der Waals surface area contributed by atoms with Crippen LogP contribution in [0.15, 0.2) is 23.1 Å².